The monoisotopic (exact) mass is 634 g/mol. The van der Waals surface area contributed by atoms with E-state index in [2.05, 4.69) is 30.9 Å². The lowest BCUT2D eigenvalue weighted by Gasteiger charge is -2.27. The zero-order valence-electron chi connectivity index (χ0n) is 25.6. The molecular weight excluding hydrogens is 599 g/mol. The Labute approximate surface area is 266 Å². The van der Waals surface area contributed by atoms with Crippen molar-refractivity contribution in [3.63, 3.8) is 0 Å². The van der Waals surface area contributed by atoms with Crippen molar-refractivity contribution in [3.8, 4) is 5.75 Å². The van der Waals surface area contributed by atoms with E-state index in [4.69, 9.17) is 31.0 Å². The number of fused-ring (bicyclic) bond motifs is 1. The van der Waals surface area contributed by atoms with Crippen LogP contribution in [0.2, 0.25) is 5.02 Å². The second-order valence-electron chi connectivity index (χ2n) is 11.1. The molecule has 45 heavy (non-hydrogen) atoms. The van der Waals surface area contributed by atoms with Crippen LogP contribution in [0.4, 0.5) is 4.39 Å². The van der Waals surface area contributed by atoms with Gasteiger partial charge in [-0.3, -0.25) is 0 Å². The largest absolute Gasteiger partial charge is 0.480 e. The van der Waals surface area contributed by atoms with Gasteiger partial charge in [0.2, 0.25) is 0 Å². The Morgan fingerprint density at radius 3 is 2.33 bits per heavy atom. The molecule has 1 aliphatic rings. The Kier molecular flexibility index (Phi) is 11.1. The minimum atomic E-state index is -1.02. The van der Waals surface area contributed by atoms with Gasteiger partial charge >= 0.3 is 11.9 Å². The number of rotatable bonds is 10. The third-order valence-electron chi connectivity index (χ3n) is 7.26. The molecule has 0 amide bonds. The number of hydrogen-bond donors (Lipinski definition) is 1. The highest BCUT2D eigenvalue weighted by molar-refractivity contribution is 6.37. The molecule has 2 heterocycles. The van der Waals surface area contributed by atoms with Crippen molar-refractivity contribution in [1.29, 1.82) is 0 Å². The van der Waals surface area contributed by atoms with Crippen molar-refractivity contribution in [2.75, 3.05) is 13.2 Å². The van der Waals surface area contributed by atoms with Crippen LogP contribution in [0.25, 0.3) is 10.9 Å². The van der Waals surface area contributed by atoms with Gasteiger partial charge in [0, 0.05) is 22.2 Å². The van der Waals surface area contributed by atoms with E-state index in [1.807, 2.05) is 42.5 Å². The predicted molar refractivity (Wildman–Crippen MR) is 171 cm³/mol. The van der Waals surface area contributed by atoms with Crippen molar-refractivity contribution >= 4 is 40.2 Å². The molecule has 4 aromatic rings. The highest BCUT2D eigenvalue weighted by Crippen LogP contribution is 2.41. The molecule has 1 N–H and O–H groups in total. The molecule has 10 heteroatoms. The number of oxime groups is 1. The van der Waals surface area contributed by atoms with Gasteiger partial charge in [-0.15, -0.1) is 0 Å². The number of aliphatic carboxylic acids is 1. The van der Waals surface area contributed by atoms with Crippen molar-refractivity contribution in [3.05, 3.63) is 107 Å². The molecule has 0 aliphatic carbocycles. The number of nitrogens with zero attached hydrogens (tertiary/aromatic N) is 2. The lowest BCUT2D eigenvalue weighted by Crippen LogP contribution is -2.29. The maximum Gasteiger partial charge on any atom is 0.356 e. The Morgan fingerprint density at radius 2 is 1.69 bits per heavy atom. The lowest BCUT2D eigenvalue weighted by molar-refractivity contribution is -0.139. The topological polar surface area (TPSA) is 107 Å². The summed E-state index contributed by atoms with van der Waals surface area (Å²) in [5.41, 5.74) is 2.42. The standard InChI is InChI=1S/C18H16FNO3.C17H20ClNO3/c1-2-22-17(21)16-12-18(23-20-16,13-6-4-3-5-7-13)14-8-10-15(19)11-9-14;1-10(2)8-11(3)14-6-4-12-13(18)5-7-15(17(12)19-14)22-9-16(20)21/h3-11H,2,12H2,1H3;4-7,10-11H,8-9H2,1-3H3,(H,20,21). The van der Waals surface area contributed by atoms with E-state index in [1.54, 1.807) is 31.2 Å². The van der Waals surface area contributed by atoms with Crippen LogP contribution in [0.15, 0.2) is 84.0 Å². The fourth-order valence-electron chi connectivity index (χ4n) is 5.19. The average Bonchev–Trinajstić information content (AvgIpc) is 3.48. The van der Waals surface area contributed by atoms with Crippen LogP contribution in [0.1, 0.15) is 63.3 Å². The number of carbonyl (C=O) groups is 2. The van der Waals surface area contributed by atoms with E-state index in [0.717, 1.165) is 28.6 Å². The number of esters is 1. The Hall–Kier alpha value is -4.50. The molecule has 0 fully saturated rings. The molecule has 0 saturated carbocycles. The van der Waals surface area contributed by atoms with Crippen LogP contribution >= 0.6 is 11.6 Å². The van der Waals surface area contributed by atoms with Crippen LogP contribution in [0, 0.1) is 11.7 Å². The van der Waals surface area contributed by atoms with E-state index >= 15 is 0 Å². The third-order valence-corrected chi connectivity index (χ3v) is 7.59. The summed E-state index contributed by atoms with van der Waals surface area (Å²) in [6.45, 7) is 8.09. The van der Waals surface area contributed by atoms with Gasteiger partial charge in [0.15, 0.2) is 17.9 Å². The predicted octanol–water partition coefficient (Wildman–Crippen LogP) is 7.91. The zero-order valence-corrected chi connectivity index (χ0v) is 26.4. The van der Waals surface area contributed by atoms with E-state index in [-0.39, 0.29) is 24.6 Å². The van der Waals surface area contributed by atoms with Gasteiger partial charge in [0.25, 0.3) is 0 Å². The molecule has 0 saturated heterocycles. The minimum Gasteiger partial charge on any atom is -0.480 e. The number of hydrogen-bond acceptors (Lipinski definition) is 7. The van der Waals surface area contributed by atoms with Gasteiger partial charge in [-0.05, 0) is 61.6 Å². The van der Waals surface area contributed by atoms with E-state index in [9.17, 15) is 14.0 Å². The molecule has 1 aromatic heterocycles. The molecule has 0 spiro atoms. The first kappa shape index (κ1) is 33.4. The molecule has 0 radical (unpaired) electrons. The van der Waals surface area contributed by atoms with Crippen LogP contribution < -0.4 is 4.74 Å². The number of ether oxygens (including phenoxy) is 2. The summed E-state index contributed by atoms with van der Waals surface area (Å²) in [5, 5.41) is 14.0. The van der Waals surface area contributed by atoms with Gasteiger partial charge < -0.3 is 19.4 Å². The third kappa shape index (κ3) is 8.16. The molecule has 5 rings (SSSR count). The molecular formula is C35H36ClFN2O6. The molecule has 236 valence electrons. The highest BCUT2D eigenvalue weighted by Gasteiger charge is 2.45. The van der Waals surface area contributed by atoms with Gasteiger partial charge in [-0.25, -0.2) is 19.0 Å². The average molecular weight is 635 g/mol. The first-order valence-corrected chi connectivity index (χ1v) is 15.1. The Morgan fingerprint density at radius 1 is 1.00 bits per heavy atom. The Bertz CT molecular complexity index is 1660. The van der Waals surface area contributed by atoms with Crippen LogP contribution in [0.5, 0.6) is 5.75 Å². The fraction of sp³-hybridized carbons (Fsp3) is 0.314. The Balaban J connectivity index is 0.000000205. The first-order valence-electron chi connectivity index (χ1n) is 14.7. The minimum absolute atomic E-state index is 0.222. The van der Waals surface area contributed by atoms with Crippen molar-refractivity contribution in [1.82, 2.24) is 4.98 Å². The molecule has 3 aromatic carbocycles. The van der Waals surface area contributed by atoms with Crippen molar-refractivity contribution in [2.24, 2.45) is 11.1 Å². The van der Waals surface area contributed by atoms with E-state index < -0.39 is 24.1 Å². The normalized spacial score (nSPS) is 16.3. The smallest absolute Gasteiger partial charge is 0.356 e. The summed E-state index contributed by atoms with van der Waals surface area (Å²) in [6, 6.07) is 22.7. The van der Waals surface area contributed by atoms with Gasteiger partial charge in [-0.2, -0.15) is 0 Å². The molecule has 8 nitrogen and oxygen atoms in total. The van der Waals surface area contributed by atoms with Crippen molar-refractivity contribution < 1.29 is 33.4 Å². The fourth-order valence-corrected chi connectivity index (χ4v) is 5.41. The van der Waals surface area contributed by atoms with Crippen molar-refractivity contribution in [2.45, 2.75) is 52.1 Å². The zero-order chi connectivity index (χ0) is 32.6. The first-order chi connectivity index (χ1) is 21.5. The molecule has 2 unspecified atom stereocenters. The number of carbonyl (C=O) groups excluding carboxylic acids is 1. The summed E-state index contributed by atoms with van der Waals surface area (Å²) in [4.78, 5) is 33.0. The second-order valence-corrected chi connectivity index (χ2v) is 11.5. The summed E-state index contributed by atoms with van der Waals surface area (Å²) >= 11 is 6.20. The number of aromatic nitrogens is 1. The SMILES string of the molecule is CC(C)CC(C)c1ccc2c(Cl)ccc(OCC(=O)O)c2n1.CCOC(=O)C1=NOC(c2ccccc2)(c2ccc(F)cc2)C1. The number of benzene rings is 3. The summed E-state index contributed by atoms with van der Waals surface area (Å²) < 4.78 is 23.6. The van der Waals surface area contributed by atoms with Gasteiger partial charge in [0.05, 0.1) is 18.1 Å². The molecule has 1 aliphatic heterocycles. The van der Waals surface area contributed by atoms with Gasteiger partial charge in [-0.1, -0.05) is 80.0 Å². The summed E-state index contributed by atoms with van der Waals surface area (Å²) in [5.74, 6) is -0.507. The number of halogens is 2. The molecule has 0 bridgehead atoms. The maximum atomic E-state index is 13.3. The van der Waals surface area contributed by atoms with Crippen LogP contribution in [-0.4, -0.2) is 41.0 Å². The highest BCUT2D eigenvalue weighted by atomic mass is 35.5. The quantitative estimate of drug-likeness (QED) is 0.177. The number of carboxylic acid groups (broad SMARTS) is 1. The second kappa shape index (κ2) is 15.0. The number of pyridine rings is 1. The van der Waals surface area contributed by atoms with Crippen LogP contribution in [0.3, 0.4) is 0 Å². The van der Waals surface area contributed by atoms with E-state index in [1.165, 1.54) is 12.1 Å². The van der Waals surface area contributed by atoms with Crippen LogP contribution in [-0.2, 0) is 24.8 Å². The van der Waals surface area contributed by atoms with E-state index in [0.29, 0.717) is 28.1 Å². The maximum absolute atomic E-state index is 13.3. The lowest BCUT2D eigenvalue weighted by atomic mass is 9.82. The summed E-state index contributed by atoms with van der Waals surface area (Å²) in [6.07, 6.45) is 1.27. The summed E-state index contributed by atoms with van der Waals surface area (Å²) in [7, 11) is 0. The molecule has 2 atom stereocenters. The number of carboxylic acids is 1. The van der Waals surface area contributed by atoms with Gasteiger partial charge in [0.1, 0.15) is 17.1 Å².